The molecule has 1 atom stereocenters. The van der Waals surface area contributed by atoms with E-state index in [9.17, 15) is 4.79 Å². The van der Waals surface area contributed by atoms with Crippen molar-refractivity contribution in [2.45, 2.75) is 33.7 Å². The first-order valence-electron chi connectivity index (χ1n) is 6.36. The minimum absolute atomic E-state index is 0.0519. The Bertz CT molecular complexity index is 435. The topological polar surface area (TPSA) is 76.1 Å². The molecule has 2 N–H and O–H groups in total. The van der Waals surface area contributed by atoms with Crippen LogP contribution in [0.5, 0.6) is 5.88 Å². The number of nitrogens with one attached hydrogen (secondary N) is 2. The molecule has 1 heterocycles. The average molecular weight is 266 g/mol. The Hall–Kier alpha value is -1.85. The third-order valence-corrected chi connectivity index (χ3v) is 2.47. The van der Waals surface area contributed by atoms with Crippen LogP contribution in [-0.2, 0) is 4.79 Å². The van der Waals surface area contributed by atoms with E-state index in [1.165, 1.54) is 0 Å². The highest BCUT2D eigenvalue weighted by atomic mass is 16.5. The number of hydrogen-bond donors (Lipinski definition) is 2. The first-order chi connectivity index (χ1) is 8.92. The van der Waals surface area contributed by atoms with E-state index in [1.807, 2.05) is 0 Å². The molecule has 6 heteroatoms. The Balaban J connectivity index is 2.63. The lowest BCUT2D eigenvalue weighted by molar-refractivity contribution is -0.121. The number of hydrogen-bond acceptors (Lipinski definition) is 5. The highest BCUT2D eigenvalue weighted by Gasteiger charge is 2.14. The Morgan fingerprint density at radius 2 is 2.05 bits per heavy atom. The van der Waals surface area contributed by atoms with Gasteiger partial charge in [0.15, 0.2) is 0 Å². The van der Waals surface area contributed by atoms with Gasteiger partial charge in [-0.3, -0.25) is 4.79 Å². The third kappa shape index (κ3) is 5.11. The lowest BCUT2D eigenvalue weighted by Gasteiger charge is -2.16. The first-order valence-corrected chi connectivity index (χ1v) is 6.36. The molecule has 6 nitrogen and oxygen atoms in total. The maximum atomic E-state index is 11.8. The largest absolute Gasteiger partial charge is 0.481 e. The zero-order valence-electron chi connectivity index (χ0n) is 12.2. The zero-order chi connectivity index (χ0) is 14.4. The number of carbonyl (C=O) groups is 1. The molecule has 0 aliphatic carbocycles. The maximum absolute atomic E-state index is 11.8. The monoisotopic (exact) mass is 266 g/mol. The van der Waals surface area contributed by atoms with Crippen LogP contribution in [0.4, 0.5) is 5.82 Å². The highest BCUT2D eigenvalue weighted by molar-refractivity contribution is 5.83. The van der Waals surface area contributed by atoms with Crippen molar-refractivity contribution in [2.75, 3.05) is 19.0 Å². The molecule has 1 rings (SSSR count). The molecular formula is C13H22N4O2. The lowest BCUT2D eigenvalue weighted by Crippen LogP contribution is -2.39. The second kappa shape index (κ2) is 6.92. The summed E-state index contributed by atoms with van der Waals surface area (Å²) in [6, 6.07) is 1.30. The molecule has 0 aromatic carbocycles. The first kappa shape index (κ1) is 15.2. The third-order valence-electron chi connectivity index (χ3n) is 2.47. The molecule has 0 bridgehead atoms. The van der Waals surface area contributed by atoms with Crippen LogP contribution >= 0.6 is 0 Å². The van der Waals surface area contributed by atoms with Gasteiger partial charge in [-0.05, 0) is 19.8 Å². The molecular weight excluding hydrogens is 244 g/mol. The number of nitrogens with zero attached hydrogens (tertiary/aromatic N) is 2. The molecule has 1 amide bonds. The molecule has 1 aromatic heterocycles. The fraction of sp³-hybridized carbons (Fsp3) is 0.615. The van der Waals surface area contributed by atoms with Crippen LogP contribution in [0.15, 0.2) is 6.07 Å². The number of anilines is 1. The summed E-state index contributed by atoms with van der Waals surface area (Å²) in [5.74, 6) is 2.03. The molecule has 0 saturated heterocycles. The van der Waals surface area contributed by atoms with Gasteiger partial charge in [0.2, 0.25) is 11.8 Å². The molecule has 1 aromatic rings. The fourth-order valence-electron chi connectivity index (χ4n) is 1.46. The van der Waals surface area contributed by atoms with Gasteiger partial charge in [0.1, 0.15) is 17.7 Å². The van der Waals surface area contributed by atoms with E-state index in [0.29, 0.717) is 30.0 Å². The second-order valence-corrected chi connectivity index (χ2v) is 4.85. The number of aromatic nitrogens is 2. The van der Waals surface area contributed by atoms with Crippen LogP contribution in [0.2, 0.25) is 0 Å². The van der Waals surface area contributed by atoms with E-state index in [0.717, 1.165) is 0 Å². The molecule has 0 aliphatic rings. The SMILES string of the molecule is COc1cc(NC(C)C(=O)NCC(C)C)nc(C)n1. The Morgan fingerprint density at radius 1 is 1.37 bits per heavy atom. The minimum Gasteiger partial charge on any atom is -0.481 e. The van der Waals surface area contributed by atoms with Crippen LogP contribution in [0.25, 0.3) is 0 Å². The van der Waals surface area contributed by atoms with Crippen LogP contribution in [0.3, 0.4) is 0 Å². The van der Waals surface area contributed by atoms with Gasteiger partial charge in [-0.15, -0.1) is 0 Å². The molecule has 0 aliphatic heterocycles. The van der Waals surface area contributed by atoms with Crippen LogP contribution < -0.4 is 15.4 Å². The number of aryl methyl sites for hydroxylation is 1. The Labute approximate surface area is 114 Å². The van der Waals surface area contributed by atoms with Crippen LogP contribution in [0.1, 0.15) is 26.6 Å². The zero-order valence-corrected chi connectivity index (χ0v) is 12.2. The summed E-state index contributed by atoms with van der Waals surface area (Å²) in [6.45, 7) is 8.34. The van der Waals surface area contributed by atoms with Gasteiger partial charge in [-0.2, -0.15) is 4.98 Å². The maximum Gasteiger partial charge on any atom is 0.242 e. The van der Waals surface area contributed by atoms with Gasteiger partial charge in [0.05, 0.1) is 7.11 Å². The molecule has 0 fully saturated rings. The van der Waals surface area contributed by atoms with Gasteiger partial charge in [-0.25, -0.2) is 4.98 Å². The van der Waals surface area contributed by atoms with Crippen molar-refractivity contribution in [3.63, 3.8) is 0 Å². The molecule has 0 radical (unpaired) electrons. The summed E-state index contributed by atoms with van der Waals surface area (Å²) < 4.78 is 5.07. The number of rotatable bonds is 6. The standard InChI is InChI=1S/C13H22N4O2/c1-8(2)7-14-13(18)9(3)15-11-6-12(19-5)17-10(4)16-11/h6,8-9H,7H2,1-5H3,(H,14,18)(H,15,16,17). The Morgan fingerprint density at radius 3 is 2.63 bits per heavy atom. The average Bonchev–Trinajstić information content (AvgIpc) is 2.34. The van der Waals surface area contributed by atoms with E-state index in [4.69, 9.17) is 4.74 Å². The predicted octanol–water partition coefficient (Wildman–Crippen LogP) is 1.37. The number of carbonyl (C=O) groups excluding carboxylic acids is 1. The van der Waals surface area contributed by atoms with Gasteiger partial charge in [-0.1, -0.05) is 13.8 Å². The quantitative estimate of drug-likeness (QED) is 0.813. The van der Waals surface area contributed by atoms with Crippen molar-refractivity contribution >= 4 is 11.7 Å². The van der Waals surface area contributed by atoms with Crippen molar-refractivity contribution in [1.29, 1.82) is 0 Å². The van der Waals surface area contributed by atoms with Gasteiger partial charge in [0, 0.05) is 12.6 Å². The van der Waals surface area contributed by atoms with Crippen molar-refractivity contribution in [3.8, 4) is 5.88 Å². The summed E-state index contributed by atoms with van der Waals surface area (Å²) in [6.07, 6.45) is 0. The van der Waals surface area contributed by atoms with E-state index in [-0.39, 0.29) is 11.9 Å². The number of ether oxygens (including phenoxy) is 1. The van der Waals surface area contributed by atoms with E-state index in [1.54, 1.807) is 27.0 Å². The van der Waals surface area contributed by atoms with Crippen molar-refractivity contribution in [3.05, 3.63) is 11.9 Å². The van der Waals surface area contributed by atoms with Crippen molar-refractivity contribution in [2.24, 2.45) is 5.92 Å². The van der Waals surface area contributed by atoms with Gasteiger partial charge >= 0.3 is 0 Å². The number of amides is 1. The van der Waals surface area contributed by atoms with Crippen LogP contribution in [0, 0.1) is 12.8 Å². The molecule has 0 spiro atoms. The smallest absolute Gasteiger partial charge is 0.242 e. The molecule has 19 heavy (non-hydrogen) atoms. The summed E-state index contributed by atoms with van der Waals surface area (Å²) >= 11 is 0. The van der Waals surface area contributed by atoms with Gasteiger partial charge < -0.3 is 15.4 Å². The lowest BCUT2D eigenvalue weighted by atomic mass is 10.2. The summed E-state index contributed by atoms with van der Waals surface area (Å²) in [5.41, 5.74) is 0. The second-order valence-electron chi connectivity index (χ2n) is 4.85. The summed E-state index contributed by atoms with van der Waals surface area (Å²) in [7, 11) is 1.55. The molecule has 1 unspecified atom stereocenters. The van der Waals surface area contributed by atoms with E-state index < -0.39 is 0 Å². The summed E-state index contributed by atoms with van der Waals surface area (Å²) in [5, 5.41) is 5.91. The Kier molecular flexibility index (Phi) is 5.54. The van der Waals surface area contributed by atoms with Crippen LogP contribution in [-0.4, -0.2) is 35.6 Å². The molecule has 106 valence electrons. The normalized spacial score (nSPS) is 12.1. The minimum atomic E-state index is -0.363. The van der Waals surface area contributed by atoms with E-state index in [2.05, 4.69) is 34.4 Å². The fourth-order valence-corrected chi connectivity index (χ4v) is 1.46. The predicted molar refractivity (Wildman–Crippen MR) is 74.3 cm³/mol. The summed E-state index contributed by atoms with van der Waals surface area (Å²) in [4.78, 5) is 20.2. The molecule has 0 saturated carbocycles. The van der Waals surface area contributed by atoms with Crippen molar-refractivity contribution < 1.29 is 9.53 Å². The van der Waals surface area contributed by atoms with Crippen molar-refractivity contribution in [1.82, 2.24) is 15.3 Å². The van der Waals surface area contributed by atoms with E-state index >= 15 is 0 Å². The van der Waals surface area contributed by atoms with Gasteiger partial charge in [0.25, 0.3) is 0 Å². The highest BCUT2D eigenvalue weighted by Crippen LogP contribution is 2.13. The number of methoxy groups -OCH3 is 1.